The number of carbonyl (C=O) groups excluding carboxylic acids is 1. The molecule has 0 bridgehead atoms. The normalized spacial score (nSPS) is 10.6. The zero-order valence-electron chi connectivity index (χ0n) is 17.0. The lowest BCUT2D eigenvalue weighted by Gasteiger charge is -2.22. The fourth-order valence-corrected chi connectivity index (χ4v) is 3.22. The lowest BCUT2D eigenvalue weighted by Crippen LogP contribution is -2.31. The van der Waals surface area contributed by atoms with Gasteiger partial charge in [0.2, 0.25) is 0 Å². The smallest absolute Gasteiger partial charge is 0.281 e. The zero-order valence-corrected chi connectivity index (χ0v) is 17.0. The van der Waals surface area contributed by atoms with Crippen LogP contribution < -0.4 is 9.64 Å². The molecule has 0 saturated heterocycles. The second-order valence-corrected chi connectivity index (χ2v) is 7.00. The van der Waals surface area contributed by atoms with Gasteiger partial charge in [0.05, 0.1) is 12.1 Å². The van der Waals surface area contributed by atoms with E-state index in [1.807, 2.05) is 60.7 Å². The molecule has 4 rings (SSSR count). The van der Waals surface area contributed by atoms with E-state index in [9.17, 15) is 9.18 Å². The maximum Gasteiger partial charge on any atom is 0.281 e. The molecule has 156 valence electrons. The fourth-order valence-electron chi connectivity index (χ4n) is 3.22. The standard InChI is InChI=1S/C25H21FN2O3/c1-18-21(17-30-23-15-9-8-14-22(23)26)24(27-31-18)25(29)28(20-12-6-3-7-13-20)16-19-10-4-2-5-11-19/h2-15H,16-17H2,1H3. The number of hydrogen-bond acceptors (Lipinski definition) is 4. The predicted octanol–water partition coefficient (Wildman–Crippen LogP) is 5.55. The van der Waals surface area contributed by atoms with Crippen molar-refractivity contribution < 1.29 is 18.4 Å². The first-order valence-corrected chi connectivity index (χ1v) is 9.87. The third-order valence-corrected chi connectivity index (χ3v) is 4.89. The van der Waals surface area contributed by atoms with Crippen molar-refractivity contribution in [1.82, 2.24) is 5.16 Å². The average molecular weight is 416 g/mol. The van der Waals surface area contributed by atoms with Crippen LogP contribution in [0.3, 0.4) is 0 Å². The molecule has 0 N–H and O–H groups in total. The number of ether oxygens (including phenoxy) is 1. The Balaban J connectivity index is 1.63. The van der Waals surface area contributed by atoms with Crippen molar-refractivity contribution in [2.45, 2.75) is 20.1 Å². The SMILES string of the molecule is Cc1onc(C(=O)N(Cc2ccccc2)c2ccccc2)c1COc1ccccc1F. The summed E-state index contributed by atoms with van der Waals surface area (Å²) in [4.78, 5) is 15.2. The molecular formula is C25H21FN2O3. The largest absolute Gasteiger partial charge is 0.486 e. The van der Waals surface area contributed by atoms with E-state index in [-0.39, 0.29) is 24.0 Å². The number of aryl methyl sites for hydroxylation is 1. The number of hydrogen-bond donors (Lipinski definition) is 0. The summed E-state index contributed by atoms with van der Waals surface area (Å²) < 4.78 is 24.8. The van der Waals surface area contributed by atoms with E-state index in [1.165, 1.54) is 12.1 Å². The van der Waals surface area contributed by atoms with Crippen molar-refractivity contribution in [3.8, 4) is 5.75 Å². The van der Waals surface area contributed by atoms with Gasteiger partial charge in [-0.1, -0.05) is 65.8 Å². The molecule has 0 aliphatic rings. The molecule has 0 spiro atoms. The van der Waals surface area contributed by atoms with Crippen LogP contribution in [0.15, 0.2) is 89.5 Å². The summed E-state index contributed by atoms with van der Waals surface area (Å²) in [6.45, 7) is 2.03. The van der Waals surface area contributed by atoms with Crippen LogP contribution in [-0.2, 0) is 13.2 Å². The van der Waals surface area contributed by atoms with Gasteiger partial charge in [-0.25, -0.2) is 4.39 Å². The van der Waals surface area contributed by atoms with Gasteiger partial charge >= 0.3 is 0 Å². The Bertz CT molecular complexity index is 1160. The molecule has 0 unspecified atom stereocenters. The van der Waals surface area contributed by atoms with E-state index in [0.717, 1.165) is 11.3 Å². The molecule has 6 heteroatoms. The summed E-state index contributed by atoms with van der Waals surface area (Å²) >= 11 is 0. The number of amides is 1. The predicted molar refractivity (Wildman–Crippen MR) is 115 cm³/mol. The first kappa shape index (κ1) is 20.3. The molecule has 4 aromatic rings. The number of anilines is 1. The molecule has 1 heterocycles. The summed E-state index contributed by atoms with van der Waals surface area (Å²) in [5.41, 5.74) is 2.35. The van der Waals surface area contributed by atoms with E-state index in [0.29, 0.717) is 17.9 Å². The molecule has 0 aliphatic heterocycles. The minimum absolute atomic E-state index is 0.0364. The van der Waals surface area contributed by atoms with Gasteiger partial charge in [0.1, 0.15) is 12.4 Å². The summed E-state index contributed by atoms with van der Waals surface area (Å²) in [5, 5.41) is 4.00. The summed E-state index contributed by atoms with van der Waals surface area (Å²) in [7, 11) is 0. The van der Waals surface area contributed by atoms with Gasteiger partial charge in [-0.3, -0.25) is 4.79 Å². The monoisotopic (exact) mass is 416 g/mol. The third kappa shape index (κ3) is 4.64. The highest BCUT2D eigenvalue weighted by molar-refractivity contribution is 6.05. The Hall–Kier alpha value is -3.93. The lowest BCUT2D eigenvalue weighted by molar-refractivity contribution is 0.0974. The molecular weight excluding hydrogens is 395 g/mol. The van der Waals surface area contributed by atoms with Crippen LogP contribution in [0.4, 0.5) is 10.1 Å². The van der Waals surface area contributed by atoms with Crippen molar-refractivity contribution in [2.75, 3.05) is 4.90 Å². The van der Waals surface area contributed by atoms with Crippen LogP contribution in [0.25, 0.3) is 0 Å². The molecule has 0 aliphatic carbocycles. The lowest BCUT2D eigenvalue weighted by atomic mass is 10.1. The maximum atomic E-state index is 13.9. The molecule has 1 amide bonds. The first-order valence-electron chi connectivity index (χ1n) is 9.87. The highest BCUT2D eigenvalue weighted by Crippen LogP contribution is 2.24. The van der Waals surface area contributed by atoms with Gasteiger partial charge in [0.25, 0.3) is 5.91 Å². The van der Waals surface area contributed by atoms with Gasteiger partial charge in [0.15, 0.2) is 17.3 Å². The van der Waals surface area contributed by atoms with Crippen LogP contribution >= 0.6 is 0 Å². The van der Waals surface area contributed by atoms with E-state index in [1.54, 1.807) is 24.0 Å². The first-order chi connectivity index (χ1) is 15.1. The molecule has 31 heavy (non-hydrogen) atoms. The molecule has 0 radical (unpaired) electrons. The number of aromatic nitrogens is 1. The van der Waals surface area contributed by atoms with Crippen LogP contribution in [0.5, 0.6) is 5.75 Å². The number of para-hydroxylation sites is 2. The van der Waals surface area contributed by atoms with Gasteiger partial charge in [0, 0.05) is 5.69 Å². The second kappa shape index (κ2) is 9.26. The van der Waals surface area contributed by atoms with Crippen molar-refractivity contribution >= 4 is 11.6 Å². The molecule has 0 fully saturated rings. The summed E-state index contributed by atoms with van der Waals surface area (Å²) in [6.07, 6.45) is 0. The molecule has 3 aromatic carbocycles. The summed E-state index contributed by atoms with van der Waals surface area (Å²) in [5.74, 6) is -0.239. The Morgan fingerprint density at radius 1 is 0.968 bits per heavy atom. The van der Waals surface area contributed by atoms with Crippen molar-refractivity contribution in [3.63, 3.8) is 0 Å². The highest BCUT2D eigenvalue weighted by Gasteiger charge is 2.26. The van der Waals surface area contributed by atoms with Crippen molar-refractivity contribution in [1.29, 1.82) is 0 Å². The zero-order chi connectivity index (χ0) is 21.6. The second-order valence-electron chi connectivity index (χ2n) is 7.00. The van der Waals surface area contributed by atoms with E-state index in [4.69, 9.17) is 9.26 Å². The minimum atomic E-state index is -0.473. The van der Waals surface area contributed by atoms with Crippen molar-refractivity contribution in [3.05, 3.63) is 113 Å². The van der Waals surface area contributed by atoms with Crippen LogP contribution in [0.1, 0.15) is 27.4 Å². The third-order valence-electron chi connectivity index (χ3n) is 4.89. The molecule has 5 nitrogen and oxygen atoms in total. The summed E-state index contributed by atoms with van der Waals surface area (Å²) in [6, 6.07) is 25.2. The number of rotatable bonds is 7. The van der Waals surface area contributed by atoms with Gasteiger partial charge in [-0.05, 0) is 36.8 Å². The number of halogens is 1. The average Bonchev–Trinajstić information content (AvgIpc) is 3.18. The molecule has 0 saturated carbocycles. The van der Waals surface area contributed by atoms with Crippen LogP contribution in [0.2, 0.25) is 0 Å². The van der Waals surface area contributed by atoms with Crippen LogP contribution in [0, 0.1) is 12.7 Å². The van der Waals surface area contributed by atoms with E-state index in [2.05, 4.69) is 5.16 Å². The number of carbonyl (C=O) groups is 1. The Kier molecular flexibility index (Phi) is 6.08. The maximum absolute atomic E-state index is 13.9. The molecule has 1 aromatic heterocycles. The number of nitrogens with zero attached hydrogens (tertiary/aromatic N) is 2. The Morgan fingerprint density at radius 2 is 1.61 bits per heavy atom. The van der Waals surface area contributed by atoms with E-state index < -0.39 is 5.82 Å². The Labute approximate surface area is 179 Å². The molecule has 0 atom stereocenters. The van der Waals surface area contributed by atoms with E-state index >= 15 is 0 Å². The van der Waals surface area contributed by atoms with Crippen molar-refractivity contribution in [2.24, 2.45) is 0 Å². The quantitative estimate of drug-likeness (QED) is 0.396. The topological polar surface area (TPSA) is 55.6 Å². The minimum Gasteiger partial charge on any atom is -0.486 e. The number of benzene rings is 3. The fraction of sp³-hybridized carbons (Fsp3) is 0.120. The van der Waals surface area contributed by atoms with Gasteiger partial charge < -0.3 is 14.2 Å². The highest BCUT2D eigenvalue weighted by atomic mass is 19.1. The van der Waals surface area contributed by atoms with Gasteiger partial charge in [-0.2, -0.15) is 0 Å². The van der Waals surface area contributed by atoms with Crippen LogP contribution in [-0.4, -0.2) is 11.1 Å². The van der Waals surface area contributed by atoms with Gasteiger partial charge in [-0.15, -0.1) is 0 Å². The Morgan fingerprint density at radius 3 is 2.32 bits per heavy atom.